The predicted octanol–water partition coefficient (Wildman–Crippen LogP) is 1.26. The van der Waals surface area contributed by atoms with Crippen molar-refractivity contribution in [2.75, 3.05) is 45.9 Å². The summed E-state index contributed by atoms with van der Waals surface area (Å²) in [5.74, 6) is 0.421. The van der Waals surface area contributed by atoms with E-state index in [0.717, 1.165) is 12.8 Å². The van der Waals surface area contributed by atoms with Gasteiger partial charge in [-0.3, -0.25) is 4.79 Å². The van der Waals surface area contributed by atoms with Crippen molar-refractivity contribution in [2.45, 2.75) is 38.0 Å². The van der Waals surface area contributed by atoms with Gasteiger partial charge in [0.25, 0.3) is 0 Å². The van der Waals surface area contributed by atoms with Gasteiger partial charge in [0.15, 0.2) is 0 Å². The van der Waals surface area contributed by atoms with Crippen molar-refractivity contribution >= 4 is 5.91 Å². The lowest BCUT2D eigenvalue weighted by molar-refractivity contribution is -0.155. The number of β-amino-alcohol motifs (C(OH)–C–C–N with tert-alkyl or cyclic N) is 1. The van der Waals surface area contributed by atoms with E-state index in [4.69, 9.17) is 4.74 Å². The maximum atomic E-state index is 12.2. The van der Waals surface area contributed by atoms with Crippen molar-refractivity contribution in [2.24, 2.45) is 5.92 Å². The molecule has 2 saturated heterocycles. The summed E-state index contributed by atoms with van der Waals surface area (Å²) >= 11 is 0. The molecule has 8 heteroatoms. The van der Waals surface area contributed by atoms with E-state index in [0.29, 0.717) is 45.8 Å². The molecule has 0 aliphatic carbocycles. The van der Waals surface area contributed by atoms with E-state index >= 15 is 0 Å². The number of carbonyl (C=O) groups excluding carboxylic acids is 1. The summed E-state index contributed by atoms with van der Waals surface area (Å²) in [7, 11) is 0. The molecule has 0 bridgehead atoms. The van der Waals surface area contributed by atoms with Crippen LogP contribution in [-0.4, -0.2) is 79.0 Å². The van der Waals surface area contributed by atoms with E-state index in [1.54, 1.807) is 0 Å². The van der Waals surface area contributed by atoms with Gasteiger partial charge in [-0.05, 0) is 31.8 Å². The minimum absolute atomic E-state index is 0.0453. The monoisotopic (exact) mass is 338 g/mol. The lowest BCUT2D eigenvalue weighted by atomic mass is 9.92. The smallest absolute Gasteiger partial charge is 0.391 e. The zero-order valence-corrected chi connectivity index (χ0v) is 13.2. The number of nitrogens with zero attached hydrogens (tertiary/aromatic N) is 2. The van der Waals surface area contributed by atoms with Crippen molar-refractivity contribution in [3.63, 3.8) is 0 Å². The Kier molecular flexibility index (Phi) is 6.67. The molecule has 0 aromatic rings. The van der Waals surface area contributed by atoms with E-state index in [1.165, 1.54) is 0 Å². The third-order valence-electron chi connectivity index (χ3n) is 4.47. The van der Waals surface area contributed by atoms with Gasteiger partial charge in [-0.2, -0.15) is 13.2 Å². The largest absolute Gasteiger partial charge is 0.391 e. The van der Waals surface area contributed by atoms with Crippen LogP contribution < -0.4 is 0 Å². The van der Waals surface area contributed by atoms with Crippen LogP contribution in [0.15, 0.2) is 0 Å². The highest BCUT2D eigenvalue weighted by Crippen LogP contribution is 2.25. The Morgan fingerprint density at radius 3 is 2.35 bits per heavy atom. The van der Waals surface area contributed by atoms with E-state index in [9.17, 15) is 23.1 Å². The standard InChI is InChI=1S/C15H25F3N2O3/c16-15(17,18)10-13(21)11-19-3-1-12(2-4-19)9-14(22)20-5-7-23-8-6-20/h12-13,21H,1-11H2. The van der Waals surface area contributed by atoms with Crippen LogP contribution in [0.4, 0.5) is 13.2 Å². The van der Waals surface area contributed by atoms with Crippen LogP contribution in [0, 0.1) is 5.92 Å². The second-order valence-electron chi connectivity index (χ2n) is 6.41. The first-order valence-electron chi connectivity index (χ1n) is 8.16. The first kappa shape index (κ1) is 18.5. The van der Waals surface area contributed by atoms with Crippen LogP contribution in [0.2, 0.25) is 0 Å². The Morgan fingerprint density at radius 1 is 1.17 bits per heavy atom. The average Bonchev–Trinajstić information content (AvgIpc) is 2.48. The van der Waals surface area contributed by atoms with Crippen LogP contribution in [0.5, 0.6) is 0 Å². The molecule has 2 aliphatic rings. The molecule has 1 atom stereocenters. The number of halogens is 3. The van der Waals surface area contributed by atoms with Crippen LogP contribution in [-0.2, 0) is 9.53 Å². The molecule has 0 aromatic carbocycles. The normalized spacial score (nSPS) is 23.0. The van der Waals surface area contributed by atoms with E-state index in [2.05, 4.69) is 0 Å². The number of hydrogen-bond donors (Lipinski definition) is 1. The van der Waals surface area contributed by atoms with Crippen LogP contribution in [0.3, 0.4) is 0 Å². The Balaban J connectivity index is 1.66. The summed E-state index contributed by atoms with van der Waals surface area (Å²) in [4.78, 5) is 15.8. The molecule has 2 fully saturated rings. The Hall–Kier alpha value is -0.860. The lowest BCUT2D eigenvalue weighted by Gasteiger charge is -2.34. The Morgan fingerprint density at radius 2 is 1.78 bits per heavy atom. The van der Waals surface area contributed by atoms with Crippen LogP contribution >= 0.6 is 0 Å². The van der Waals surface area contributed by atoms with Gasteiger partial charge in [0.1, 0.15) is 0 Å². The molecule has 0 saturated carbocycles. The minimum atomic E-state index is -4.33. The fraction of sp³-hybridized carbons (Fsp3) is 0.933. The number of alkyl halides is 3. The maximum Gasteiger partial charge on any atom is 0.391 e. The third kappa shape index (κ3) is 6.64. The molecule has 2 aliphatic heterocycles. The highest BCUT2D eigenvalue weighted by atomic mass is 19.4. The number of aliphatic hydroxyl groups is 1. The third-order valence-corrected chi connectivity index (χ3v) is 4.47. The summed E-state index contributed by atoms with van der Waals surface area (Å²) in [6.45, 7) is 3.76. The Bertz CT molecular complexity index is 379. The average molecular weight is 338 g/mol. The fourth-order valence-electron chi connectivity index (χ4n) is 3.19. The van der Waals surface area contributed by atoms with E-state index < -0.39 is 18.7 Å². The van der Waals surface area contributed by atoms with Gasteiger partial charge in [0, 0.05) is 26.1 Å². The minimum Gasteiger partial charge on any atom is -0.391 e. The second kappa shape index (κ2) is 8.30. The summed E-state index contributed by atoms with van der Waals surface area (Å²) in [6.07, 6.45) is -4.80. The SMILES string of the molecule is O=C(CC1CCN(CC(O)CC(F)(F)F)CC1)N1CCOCC1. The second-order valence-corrected chi connectivity index (χ2v) is 6.41. The van der Waals surface area contributed by atoms with Crippen molar-refractivity contribution in [1.29, 1.82) is 0 Å². The summed E-state index contributed by atoms with van der Waals surface area (Å²) < 4.78 is 41.9. The molecule has 1 unspecified atom stereocenters. The molecule has 1 amide bonds. The highest BCUT2D eigenvalue weighted by molar-refractivity contribution is 5.76. The summed E-state index contributed by atoms with van der Waals surface area (Å²) in [5, 5.41) is 9.48. The lowest BCUT2D eigenvalue weighted by Crippen LogP contribution is -2.43. The topological polar surface area (TPSA) is 53.0 Å². The highest BCUT2D eigenvalue weighted by Gasteiger charge is 2.32. The Labute approximate surface area is 134 Å². The van der Waals surface area contributed by atoms with Crippen LogP contribution in [0.1, 0.15) is 25.7 Å². The fourth-order valence-corrected chi connectivity index (χ4v) is 3.19. The van der Waals surface area contributed by atoms with E-state index in [-0.39, 0.29) is 18.4 Å². The maximum absolute atomic E-state index is 12.2. The van der Waals surface area contributed by atoms with Gasteiger partial charge in [-0.15, -0.1) is 0 Å². The molecule has 134 valence electrons. The predicted molar refractivity (Wildman–Crippen MR) is 77.9 cm³/mol. The number of amides is 1. The van der Waals surface area contributed by atoms with Crippen molar-refractivity contribution < 1.29 is 27.8 Å². The van der Waals surface area contributed by atoms with Gasteiger partial charge in [0.05, 0.1) is 25.7 Å². The molecule has 5 nitrogen and oxygen atoms in total. The van der Waals surface area contributed by atoms with Gasteiger partial charge in [0.2, 0.25) is 5.91 Å². The molecule has 2 heterocycles. The zero-order chi connectivity index (χ0) is 16.9. The van der Waals surface area contributed by atoms with E-state index in [1.807, 2.05) is 9.80 Å². The number of hydrogen-bond acceptors (Lipinski definition) is 4. The molecular formula is C15H25F3N2O3. The van der Waals surface area contributed by atoms with Crippen molar-refractivity contribution in [3.05, 3.63) is 0 Å². The van der Waals surface area contributed by atoms with Gasteiger partial charge >= 0.3 is 6.18 Å². The molecular weight excluding hydrogens is 313 g/mol. The molecule has 23 heavy (non-hydrogen) atoms. The number of piperidine rings is 1. The van der Waals surface area contributed by atoms with Crippen molar-refractivity contribution in [1.82, 2.24) is 9.80 Å². The molecule has 0 spiro atoms. The number of rotatable bonds is 5. The number of ether oxygens (including phenoxy) is 1. The van der Waals surface area contributed by atoms with Crippen molar-refractivity contribution in [3.8, 4) is 0 Å². The van der Waals surface area contributed by atoms with Gasteiger partial charge in [-0.25, -0.2) is 0 Å². The van der Waals surface area contributed by atoms with Gasteiger partial charge < -0.3 is 19.6 Å². The molecule has 0 radical (unpaired) electrons. The molecule has 0 aromatic heterocycles. The number of likely N-dealkylation sites (tertiary alicyclic amines) is 1. The van der Waals surface area contributed by atoms with Crippen LogP contribution in [0.25, 0.3) is 0 Å². The number of morpholine rings is 1. The number of aliphatic hydroxyl groups excluding tert-OH is 1. The quantitative estimate of drug-likeness (QED) is 0.820. The molecule has 2 rings (SSSR count). The number of carbonyl (C=O) groups is 1. The first-order valence-corrected chi connectivity index (χ1v) is 8.16. The molecule has 1 N–H and O–H groups in total. The summed E-state index contributed by atoms with van der Waals surface area (Å²) in [5.41, 5.74) is 0. The first-order chi connectivity index (χ1) is 10.8. The summed E-state index contributed by atoms with van der Waals surface area (Å²) in [6, 6.07) is 0. The zero-order valence-electron chi connectivity index (χ0n) is 13.2. The van der Waals surface area contributed by atoms with Gasteiger partial charge in [-0.1, -0.05) is 0 Å².